The maximum absolute atomic E-state index is 6.21. The highest BCUT2D eigenvalue weighted by Crippen LogP contribution is 2.32. The summed E-state index contributed by atoms with van der Waals surface area (Å²) in [5, 5.41) is 4.52. The van der Waals surface area contributed by atoms with Gasteiger partial charge in [-0.25, -0.2) is 4.98 Å². The molecular weight excluding hydrogens is 318 g/mol. The van der Waals surface area contributed by atoms with E-state index in [-0.39, 0.29) is 0 Å². The number of imidazole rings is 1. The predicted octanol–water partition coefficient (Wildman–Crippen LogP) is 5.71. The quantitative estimate of drug-likeness (QED) is 0.662. The van der Waals surface area contributed by atoms with E-state index in [4.69, 9.17) is 16.6 Å². The lowest BCUT2D eigenvalue weighted by Crippen LogP contribution is -2.23. The number of nitrogens with zero attached hydrogens (tertiary/aromatic N) is 2. The Morgan fingerprint density at radius 2 is 1.96 bits per heavy atom. The van der Waals surface area contributed by atoms with Crippen LogP contribution in [0.1, 0.15) is 37.7 Å². The molecule has 1 saturated carbocycles. The van der Waals surface area contributed by atoms with Gasteiger partial charge in [0.05, 0.1) is 0 Å². The summed E-state index contributed by atoms with van der Waals surface area (Å²) < 4.78 is 2.18. The van der Waals surface area contributed by atoms with E-state index >= 15 is 0 Å². The second-order valence-corrected chi connectivity index (χ2v) is 7.17. The van der Waals surface area contributed by atoms with E-state index in [1.165, 1.54) is 37.7 Å². The molecule has 24 heavy (non-hydrogen) atoms. The van der Waals surface area contributed by atoms with Crippen molar-refractivity contribution in [1.29, 1.82) is 0 Å². The smallest absolute Gasteiger partial charge is 0.139 e. The van der Waals surface area contributed by atoms with Gasteiger partial charge in [0, 0.05) is 22.8 Å². The van der Waals surface area contributed by atoms with Gasteiger partial charge in [0.15, 0.2) is 0 Å². The molecule has 0 unspecified atom stereocenters. The Bertz CT molecular complexity index is 862. The van der Waals surface area contributed by atoms with Crippen molar-refractivity contribution in [3.05, 3.63) is 53.2 Å². The molecule has 1 aliphatic carbocycles. The van der Waals surface area contributed by atoms with Crippen molar-refractivity contribution >= 4 is 23.1 Å². The van der Waals surface area contributed by atoms with E-state index in [1.807, 2.05) is 18.2 Å². The fraction of sp³-hybridized carbons (Fsp3) is 0.350. The Morgan fingerprint density at radius 1 is 1.12 bits per heavy atom. The van der Waals surface area contributed by atoms with Gasteiger partial charge in [-0.05, 0) is 43.5 Å². The van der Waals surface area contributed by atoms with Gasteiger partial charge in [0.1, 0.15) is 17.2 Å². The molecule has 3 aromatic rings. The summed E-state index contributed by atoms with van der Waals surface area (Å²) in [5.74, 6) is 1.09. The monoisotopic (exact) mass is 339 g/mol. The van der Waals surface area contributed by atoms with Crippen LogP contribution in [-0.4, -0.2) is 15.4 Å². The first-order valence-corrected chi connectivity index (χ1v) is 9.10. The predicted molar refractivity (Wildman–Crippen MR) is 101 cm³/mol. The minimum Gasteiger partial charge on any atom is -0.367 e. The number of fused-ring (bicyclic) bond motifs is 1. The average Bonchev–Trinajstić information content (AvgIpc) is 2.94. The molecule has 1 fully saturated rings. The molecule has 2 aromatic heterocycles. The van der Waals surface area contributed by atoms with Crippen LogP contribution in [0.3, 0.4) is 0 Å². The fourth-order valence-electron chi connectivity index (χ4n) is 3.57. The largest absolute Gasteiger partial charge is 0.367 e. The maximum Gasteiger partial charge on any atom is 0.139 e. The molecule has 2 heterocycles. The van der Waals surface area contributed by atoms with Gasteiger partial charge >= 0.3 is 0 Å². The van der Waals surface area contributed by atoms with E-state index in [9.17, 15) is 0 Å². The molecule has 0 spiro atoms. The van der Waals surface area contributed by atoms with Crippen molar-refractivity contribution in [3.8, 4) is 11.3 Å². The van der Waals surface area contributed by atoms with E-state index in [0.717, 1.165) is 27.7 Å². The molecule has 4 rings (SSSR count). The lowest BCUT2D eigenvalue weighted by molar-refractivity contribution is 0.462. The van der Waals surface area contributed by atoms with Gasteiger partial charge in [-0.1, -0.05) is 49.1 Å². The van der Waals surface area contributed by atoms with Gasteiger partial charge < -0.3 is 5.32 Å². The second-order valence-electron chi connectivity index (χ2n) is 6.73. The molecule has 1 N–H and O–H groups in total. The third kappa shape index (κ3) is 3.01. The molecule has 0 atom stereocenters. The maximum atomic E-state index is 6.21. The number of rotatable bonds is 3. The number of halogens is 1. The Labute approximate surface area is 147 Å². The molecule has 1 aliphatic rings. The molecule has 3 nitrogen and oxygen atoms in total. The van der Waals surface area contributed by atoms with Crippen molar-refractivity contribution in [2.45, 2.75) is 45.1 Å². The second kappa shape index (κ2) is 6.48. The number of aromatic nitrogens is 2. The van der Waals surface area contributed by atoms with Gasteiger partial charge in [0.2, 0.25) is 0 Å². The van der Waals surface area contributed by atoms with Crippen molar-refractivity contribution in [2.24, 2.45) is 0 Å². The number of hydrogen-bond donors (Lipinski definition) is 1. The van der Waals surface area contributed by atoms with Crippen LogP contribution in [-0.2, 0) is 0 Å². The number of pyridine rings is 1. The number of nitrogens with one attached hydrogen (secondary N) is 1. The number of anilines is 1. The van der Waals surface area contributed by atoms with Crippen molar-refractivity contribution < 1.29 is 0 Å². The van der Waals surface area contributed by atoms with Crippen LogP contribution in [0.2, 0.25) is 5.02 Å². The van der Waals surface area contributed by atoms with Gasteiger partial charge in [-0.2, -0.15) is 0 Å². The van der Waals surface area contributed by atoms with Crippen molar-refractivity contribution in [1.82, 2.24) is 9.38 Å². The Hall–Kier alpha value is -2.00. The highest BCUT2D eigenvalue weighted by molar-refractivity contribution is 6.30. The average molecular weight is 340 g/mol. The van der Waals surface area contributed by atoms with Gasteiger partial charge in [-0.15, -0.1) is 0 Å². The lowest BCUT2D eigenvalue weighted by atomic mass is 9.95. The zero-order chi connectivity index (χ0) is 16.5. The molecule has 0 radical (unpaired) electrons. The molecule has 0 bridgehead atoms. The molecule has 4 heteroatoms. The molecule has 1 aromatic carbocycles. The number of benzene rings is 1. The fourth-order valence-corrected chi connectivity index (χ4v) is 3.76. The Morgan fingerprint density at radius 3 is 2.75 bits per heavy atom. The summed E-state index contributed by atoms with van der Waals surface area (Å²) in [6.07, 6.45) is 8.58. The summed E-state index contributed by atoms with van der Waals surface area (Å²) >= 11 is 6.21. The van der Waals surface area contributed by atoms with E-state index in [2.05, 4.69) is 41.0 Å². The van der Waals surface area contributed by atoms with Crippen molar-refractivity contribution in [3.63, 3.8) is 0 Å². The minimum atomic E-state index is 0.525. The first-order valence-electron chi connectivity index (χ1n) is 8.72. The summed E-state index contributed by atoms with van der Waals surface area (Å²) in [5.41, 5.74) is 4.23. The third-order valence-electron chi connectivity index (χ3n) is 4.81. The van der Waals surface area contributed by atoms with E-state index in [1.54, 1.807) is 0 Å². The lowest BCUT2D eigenvalue weighted by Gasteiger charge is -2.24. The minimum absolute atomic E-state index is 0.525. The van der Waals surface area contributed by atoms with Crippen molar-refractivity contribution in [2.75, 3.05) is 5.32 Å². The van der Waals surface area contributed by atoms with E-state index in [0.29, 0.717) is 6.04 Å². The van der Waals surface area contributed by atoms with Gasteiger partial charge in [0.25, 0.3) is 0 Å². The topological polar surface area (TPSA) is 29.3 Å². The Kier molecular flexibility index (Phi) is 4.19. The highest BCUT2D eigenvalue weighted by atomic mass is 35.5. The zero-order valence-corrected chi connectivity index (χ0v) is 14.7. The summed E-state index contributed by atoms with van der Waals surface area (Å²) in [6, 6.07) is 12.7. The summed E-state index contributed by atoms with van der Waals surface area (Å²) in [4.78, 5) is 4.87. The standard InChI is InChI=1S/C20H22ClN3/c1-14-10-11-18-23-19(15-6-5-7-16(21)12-15)20(24(18)13-14)22-17-8-3-2-4-9-17/h5-7,10-13,17,22H,2-4,8-9H2,1H3. The summed E-state index contributed by atoms with van der Waals surface area (Å²) in [6.45, 7) is 2.11. The molecule has 124 valence electrons. The van der Waals surface area contributed by atoms with Crippen LogP contribution in [0.4, 0.5) is 5.82 Å². The van der Waals surface area contributed by atoms with Crippen LogP contribution in [0.5, 0.6) is 0 Å². The van der Waals surface area contributed by atoms with Crippen LogP contribution < -0.4 is 5.32 Å². The first-order chi connectivity index (χ1) is 11.7. The Balaban J connectivity index is 1.83. The van der Waals surface area contributed by atoms with Gasteiger partial charge in [-0.3, -0.25) is 4.40 Å². The number of aryl methyl sites for hydroxylation is 1. The van der Waals surface area contributed by atoms with Crippen LogP contribution in [0.15, 0.2) is 42.6 Å². The van der Waals surface area contributed by atoms with Crippen LogP contribution in [0.25, 0.3) is 16.9 Å². The zero-order valence-electron chi connectivity index (χ0n) is 13.9. The highest BCUT2D eigenvalue weighted by Gasteiger charge is 2.19. The SMILES string of the molecule is Cc1ccc2nc(-c3cccc(Cl)c3)c(NC3CCCCC3)n2c1. The normalized spacial score (nSPS) is 15.8. The number of hydrogen-bond acceptors (Lipinski definition) is 2. The molecule has 0 aliphatic heterocycles. The molecular formula is C20H22ClN3. The molecule has 0 amide bonds. The summed E-state index contributed by atoms with van der Waals surface area (Å²) in [7, 11) is 0. The molecule has 0 saturated heterocycles. The van der Waals surface area contributed by atoms with Crippen LogP contribution >= 0.6 is 11.6 Å². The first kappa shape index (κ1) is 15.5. The van der Waals surface area contributed by atoms with E-state index < -0.39 is 0 Å². The van der Waals surface area contributed by atoms with Crippen LogP contribution in [0, 0.1) is 6.92 Å². The third-order valence-corrected chi connectivity index (χ3v) is 5.05.